The van der Waals surface area contributed by atoms with Crippen LogP contribution in [0.5, 0.6) is 0 Å². The first-order chi connectivity index (χ1) is 14.1. The molecule has 0 radical (unpaired) electrons. The molecule has 1 fully saturated rings. The molecule has 0 amide bonds. The molecule has 1 aliphatic rings. The van der Waals surface area contributed by atoms with Crippen LogP contribution >= 0.6 is 0 Å². The van der Waals surface area contributed by atoms with E-state index in [4.69, 9.17) is 0 Å². The highest BCUT2D eigenvalue weighted by Crippen LogP contribution is 2.37. The van der Waals surface area contributed by atoms with Crippen molar-refractivity contribution in [3.63, 3.8) is 0 Å². The quantitative estimate of drug-likeness (QED) is 0.366. The maximum absolute atomic E-state index is 13.5. The Morgan fingerprint density at radius 1 is 1.21 bits per heavy atom. The minimum atomic E-state index is -0.220. The van der Waals surface area contributed by atoms with Crippen molar-refractivity contribution in [2.24, 2.45) is 10.9 Å². The van der Waals surface area contributed by atoms with Crippen LogP contribution in [0.3, 0.4) is 0 Å². The van der Waals surface area contributed by atoms with Crippen molar-refractivity contribution < 1.29 is 4.39 Å². The Morgan fingerprint density at radius 3 is 2.69 bits per heavy atom. The molecule has 3 rings (SSSR count). The number of allylic oxidation sites excluding steroid dienone is 3. The third kappa shape index (κ3) is 6.02. The molecule has 0 spiro atoms. The lowest BCUT2D eigenvalue weighted by Crippen LogP contribution is -2.14. The topological polar surface area (TPSA) is 24.4 Å². The molecule has 0 saturated heterocycles. The predicted molar refractivity (Wildman–Crippen MR) is 121 cm³/mol. The predicted octanol–water partition coefficient (Wildman–Crippen LogP) is 6.46. The number of benzene rings is 2. The first-order valence-corrected chi connectivity index (χ1v) is 10.2. The van der Waals surface area contributed by atoms with Gasteiger partial charge in [-0.25, -0.2) is 4.39 Å². The van der Waals surface area contributed by atoms with Gasteiger partial charge in [-0.3, -0.25) is 4.99 Å². The van der Waals surface area contributed by atoms with Gasteiger partial charge in [0, 0.05) is 24.0 Å². The van der Waals surface area contributed by atoms with Crippen LogP contribution in [0, 0.1) is 11.7 Å². The number of aryl methyl sites for hydroxylation is 1. The molecule has 0 atom stereocenters. The summed E-state index contributed by atoms with van der Waals surface area (Å²) in [6.07, 6.45) is 8.47. The van der Waals surface area contributed by atoms with Crippen LogP contribution in [0.25, 0.3) is 5.57 Å². The van der Waals surface area contributed by atoms with E-state index in [9.17, 15) is 4.39 Å². The van der Waals surface area contributed by atoms with Crippen LogP contribution in [0.4, 0.5) is 4.39 Å². The van der Waals surface area contributed by atoms with Crippen LogP contribution in [0.15, 0.2) is 83.6 Å². The molecule has 0 aromatic heterocycles. The second-order valence-electron chi connectivity index (χ2n) is 7.56. The Hall–Kier alpha value is -2.94. The van der Waals surface area contributed by atoms with Gasteiger partial charge >= 0.3 is 0 Å². The van der Waals surface area contributed by atoms with Gasteiger partial charge in [0.2, 0.25) is 0 Å². The molecular formula is C26H29FN2. The zero-order valence-corrected chi connectivity index (χ0v) is 17.1. The molecule has 1 aliphatic carbocycles. The fourth-order valence-corrected chi connectivity index (χ4v) is 3.45. The summed E-state index contributed by atoms with van der Waals surface area (Å²) in [6, 6.07) is 15.1. The number of aliphatic imine (C=N–C) groups is 1. The van der Waals surface area contributed by atoms with Crippen molar-refractivity contribution in [3.05, 3.63) is 101 Å². The minimum absolute atomic E-state index is 0.220. The maximum Gasteiger partial charge on any atom is 0.123 e. The fourth-order valence-electron chi connectivity index (χ4n) is 3.45. The molecule has 0 unspecified atom stereocenters. The SMILES string of the molecule is C=N/C=C(\C=C(/CC1CC1)C(=C)NCc1cccc(F)c1)c1ccccc1CC. The number of rotatable bonds is 10. The molecule has 0 bridgehead atoms. The molecule has 29 heavy (non-hydrogen) atoms. The number of nitrogens with one attached hydrogen (secondary N) is 1. The Kier molecular flexibility index (Phi) is 7.18. The molecule has 2 nitrogen and oxygen atoms in total. The van der Waals surface area contributed by atoms with Crippen LogP contribution in [-0.2, 0) is 13.0 Å². The Morgan fingerprint density at radius 2 is 2.00 bits per heavy atom. The zero-order valence-electron chi connectivity index (χ0n) is 17.1. The third-order valence-electron chi connectivity index (χ3n) is 5.26. The van der Waals surface area contributed by atoms with Gasteiger partial charge in [0.15, 0.2) is 0 Å². The van der Waals surface area contributed by atoms with E-state index in [0.717, 1.165) is 29.7 Å². The van der Waals surface area contributed by atoms with E-state index in [0.29, 0.717) is 12.5 Å². The van der Waals surface area contributed by atoms with Crippen LogP contribution in [-0.4, -0.2) is 6.72 Å². The number of nitrogens with zero attached hydrogens (tertiary/aromatic N) is 1. The van der Waals surface area contributed by atoms with Crippen molar-refractivity contribution in [2.45, 2.75) is 39.2 Å². The normalized spacial score (nSPS) is 14.6. The smallest absolute Gasteiger partial charge is 0.123 e. The van der Waals surface area contributed by atoms with Crippen molar-refractivity contribution in [2.75, 3.05) is 0 Å². The van der Waals surface area contributed by atoms with Gasteiger partial charge in [0.05, 0.1) is 0 Å². The van der Waals surface area contributed by atoms with Crippen LogP contribution in [0.1, 0.15) is 42.9 Å². The second kappa shape index (κ2) is 10.0. The largest absolute Gasteiger partial charge is 0.381 e. The van der Waals surface area contributed by atoms with Crippen LogP contribution < -0.4 is 5.32 Å². The number of halogens is 1. The molecule has 2 aromatic rings. The molecule has 3 heteroatoms. The van der Waals surface area contributed by atoms with Crippen molar-refractivity contribution in [1.29, 1.82) is 0 Å². The highest BCUT2D eigenvalue weighted by Gasteiger charge is 2.23. The molecule has 0 heterocycles. The van der Waals surface area contributed by atoms with E-state index < -0.39 is 0 Å². The summed E-state index contributed by atoms with van der Waals surface area (Å²) in [5.41, 5.74) is 6.45. The van der Waals surface area contributed by atoms with Crippen molar-refractivity contribution >= 4 is 12.3 Å². The lowest BCUT2D eigenvalue weighted by molar-refractivity contribution is 0.624. The van der Waals surface area contributed by atoms with Gasteiger partial charge in [-0.05, 0) is 78.8 Å². The summed E-state index contributed by atoms with van der Waals surface area (Å²) in [6.45, 7) is 10.6. The summed E-state index contributed by atoms with van der Waals surface area (Å²) in [4.78, 5) is 4.05. The van der Waals surface area contributed by atoms with Crippen molar-refractivity contribution in [3.8, 4) is 0 Å². The summed E-state index contributed by atoms with van der Waals surface area (Å²) in [5, 5.41) is 3.38. The maximum atomic E-state index is 13.5. The lowest BCUT2D eigenvalue weighted by atomic mass is 9.95. The first-order valence-electron chi connectivity index (χ1n) is 10.2. The highest BCUT2D eigenvalue weighted by molar-refractivity contribution is 5.77. The lowest BCUT2D eigenvalue weighted by Gasteiger charge is -2.16. The minimum Gasteiger partial charge on any atom is -0.381 e. The van der Waals surface area contributed by atoms with E-state index in [2.05, 4.69) is 60.9 Å². The molecule has 150 valence electrons. The molecule has 0 aliphatic heterocycles. The Bertz CT molecular complexity index is 935. The van der Waals surface area contributed by atoms with E-state index in [1.54, 1.807) is 12.1 Å². The van der Waals surface area contributed by atoms with Gasteiger partial charge in [0.1, 0.15) is 5.82 Å². The summed E-state index contributed by atoms with van der Waals surface area (Å²) < 4.78 is 13.5. The van der Waals surface area contributed by atoms with Gasteiger partial charge in [-0.2, -0.15) is 0 Å². The number of hydrogen-bond acceptors (Lipinski definition) is 2. The van der Waals surface area contributed by atoms with E-state index in [1.165, 1.54) is 35.6 Å². The summed E-state index contributed by atoms with van der Waals surface area (Å²) in [5.74, 6) is 0.496. The van der Waals surface area contributed by atoms with Gasteiger partial charge < -0.3 is 5.32 Å². The van der Waals surface area contributed by atoms with Gasteiger partial charge in [-0.15, -0.1) is 0 Å². The fraction of sp³-hybridized carbons (Fsp3) is 0.269. The van der Waals surface area contributed by atoms with E-state index in [-0.39, 0.29) is 5.82 Å². The molecular weight excluding hydrogens is 359 g/mol. The monoisotopic (exact) mass is 388 g/mol. The average Bonchev–Trinajstić information content (AvgIpc) is 3.55. The van der Waals surface area contributed by atoms with E-state index >= 15 is 0 Å². The standard InChI is InChI=1S/C26H29FN2/c1-4-22-9-5-6-11-26(22)24(18-28-3)16-23(14-20-12-13-20)19(2)29-17-21-8-7-10-25(27)15-21/h5-11,15-16,18,20,29H,2-4,12-14,17H2,1H3/b23-16+,24-18+. The summed E-state index contributed by atoms with van der Waals surface area (Å²) >= 11 is 0. The van der Waals surface area contributed by atoms with Gasteiger partial charge in [0.25, 0.3) is 0 Å². The Labute approximate surface area is 173 Å². The number of hydrogen-bond donors (Lipinski definition) is 1. The third-order valence-corrected chi connectivity index (χ3v) is 5.26. The molecule has 1 saturated carbocycles. The van der Waals surface area contributed by atoms with Gasteiger partial charge in [-0.1, -0.05) is 49.9 Å². The molecule has 1 N–H and O–H groups in total. The first kappa shape index (κ1) is 20.8. The van der Waals surface area contributed by atoms with Crippen molar-refractivity contribution in [1.82, 2.24) is 5.32 Å². The second-order valence-corrected chi connectivity index (χ2v) is 7.56. The summed E-state index contributed by atoms with van der Waals surface area (Å²) in [7, 11) is 0. The average molecular weight is 389 g/mol. The molecule has 2 aromatic carbocycles. The van der Waals surface area contributed by atoms with Crippen LogP contribution in [0.2, 0.25) is 0 Å². The Balaban J connectivity index is 1.85. The highest BCUT2D eigenvalue weighted by atomic mass is 19.1. The van der Waals surface area contributed by atoms with E-state index in [1.807, 2.05) is 12.3 Å². The zero-order chi connectivity index (χ0) is 20.6.